The minimum absolute atomic E-state index is 0.757. The quantitative estimate of drug-likeness (QED) is 0.567. The Morgan fingerprint density at radius 2 is 2.08 bits per heavy atom. The highest BCUT2D eigenvalue weighted by Gasteiger charge is 2.11. The van der Waals surface area contributed by atoms with Crippen molar-refractivity contribution in [3.05, 3.63) is 41.5 Å². The monoisotopic (exact) mass is 160 g/mol. The molecule has 0 fully saturated rings. The molecular weight excluding hydrogens is 148 g/mol. The molecule has 0 aliphatic carbocycles. The number of rotatable bonds is 0. The molecule has 0 amide bonds. The van der Waals surface area contributed by atoms with Gasteiger partial charge in [0.1, 0.15) is 0 Å². The summed E-state index contributed by atoms with van der Waals surface area (Å²) in [6.45, 7) is 3.57. The molecule has 1 heteroatoms. The van der Waals surface area contributed by atoms with Crippen LogP contribution < -0.4 is 0 Å². The molecule has 0 spiro atoms. The van der Waals surface area contributed by atoms with Crippen LogP contribution in [0, 0.1) is 0 Å². The molecule has 1 aromatic rings. The largest absolute Gasteiger partial charge is 0.372 e. The third-order valence-corrected chi connectivity index (χ3v) is 2.23. The summed E-state index contributed by atoms with van der Waals surface area (Å²) in [6, 6.07) is 8.42. The first-order valence-corrected chi connectivity index (χ1v) is 4.23. The van der Waals surface area contributed by atoms with Crippen LogP contribution in [0.5, 0.6) is 0 Å². The zero-order valence-electron chi connectivity index (χ0n) is 7.21. The summed E-state index contributed by atoms with van der Waals surface area (Å²) in [7, 11) is 0. The van der Waals surface area contributed by atoms with Crippen molar-refractivity contribution in [2.75, 3.05) is 6.61 Å². The molecule has 0 aromatic heterocycles. The number of hydrogen-bond acceptors (Lipinski definition) is 1. The molecule has 0 saturated heterocycles. The summed E-state index contributed by atoms with van der Waals surface area (Å²) in [4.78, 5) is 0. The number of benzene rings is 1. The Morgan fingerprint density at radius 3 is 2.92 bits per heavy atom. The van der Waals surface area contributed by atoms with E-state index in [2.05, 4.69) is 37.3 Å². The summed E-state index contributed by atoms with van der Waals surface area (Å²) in [6.07, 6.45) is 2.12. The van der Waals surface area contributed by atoms with E-state index in [1.165, 1.54) is 16.7 Å². The molecule has 1 heterocycles. The van der Waals surface area contributed by atoms with E-state index >= 15 is 0 Å². The fourth-order valence-electron chi connectivity index (χ4n) is 1.55. The maximum Gasteiger partial charge on any atom is 0.0727 e. The predicted molar refractivity (Wildman–Crippen MR) is 49.7 cm³/mol. The first-order valence-electron chi connectivity index (χ1n) is 4.23. The van der Waals surface area contributed by atoms with Crippen LogP contribution in [0.4, 0.5) is 0 Å². The van der Waals surface area contributed by atoms with Crippen LogP contribution in [0.1, 0.15) is 18.1 Å². The van der Waals surface area contributed by atoms with Gasteiger partial charge in [-0.15, -0.1) is 0 Å². The van der Waals surface area contributed by atoms with Crippen molar-refractivity contribution in [2.24, 2.45) is 0 Å². The van der Waals surface area contributed by atoms with Crippen LogP contribution in [-0.4, -0.2) is 6.61 Å². The van der Waals surface area contributed by atoms with E-state index in [0.29, 0.717) is 0 Å². The molecule has 0 N–H and O–H groups in total. The van der Waals surface area contributed by atoms with E-state index in [-0.39, 0.29) is 0 Å². The van der Waals surface area contributed by atoms with Crippen molar-refractivity contribution in [3.63, 3.8) is 0 Å². The average Bonchev–Trinajstić information content (AvgIpc) is 2.17. The van der Waals surface area contributed by atoms with Crippen molar-refractivity contribution in [1.82, 2.24) is 0 Å². The average molecular weight is 160 g/mol. The lowest BCUT2D eigenvalue weighted by Crippen LogP contribution is -2.08. The van der Waals surface area contributed by atoms with Gasteiger partial charge >= 0.3 is 0 Å². The van der Waals surface area contributed by atoms with Crippen LogP contribution in [0.2, 0.25) is 0 Å². The van der Waals surface area contributed by atoms with Crippen LogP contribution in [0.15, 0.2) is 30.3 Å². The Morgan fingerprint density at radius 1 is 1.25 bits per heavy atom. The first-order chi connectivity index (χ1) is 5.92. The van der Waals surface area contributed by atoms with Crippen molar-refractivity contribution < 1.29 is 4.74 Å². The molecule has 2 rings (SSSR count). The molecule has 62 valence electrons. The minimum atomic E-state index is 0.757. The van der Waals surface area contributed by atoms with E-state index < -0.39 is 0 Å². The van der Waals surface area contributed by atoms with Crippen LogP contribution in [0.3, 0.4) is 0 Å². The van der Waals surface area contributed by atoms with E-state index in [1.54, 1.807) is 0 Å². The number of allylic oxidation sites excluding steroid dienone is 1. The summed E-state index contributed by atoms with van der Waals surface area (Å²) in [5.74, 6) is 0. The molecule has 1 aliphatic rings. The molecular formula is C11H12O. The van der Waals surface area contributed by atoms with Gasteiger partial charge in [-0.2, -0.15) is 0 Å². The summed E-state index contributed by atoms with van der Waals surface area (Å²) in [5, 5.41) is 0. The van der Waals surface area contributed by atoms with Gasteiger partial charge < -0.3 is 4.74 Å². The molecule has 1 aliphatic heterocycles. The number of fused-ring (bicyclic) bond motifs is 1. The number of ether oxygens (including phenoxy) is 1. The van der Waals surface area contributed by atoms with E-state index in [4.69, 9.17) is 4.74 Å². The van der Waals surface area contributed by atoms with Gasteiger partial charge in [0.15, 0.2) is 0 Å². The minimum Gasteiger partial charge on any atom is -0.372 e. The Bertz CT molecular complexity index is 313. The van der Waals surface area contributed by atoms with Crippen LogP contribution >= 0.6 is 0 Å². The Balaban J connectivity index is 2.51. The first kappa shape index (κ1) is 7.56. The van der Waals surface area contributed by atoms with Gasteiger partial charge in [0.25, 0.3) is 0 Å². The van der Waals surface area contributed by atoms with Crippen LogP contribution in [-0.2, 0) is 11.3 Å². The lowest BCUT2D eigenvalue weighted by atomic mass is 9.99. The summed E-state index contributed by atoms with van der Waals surface area (Å²) < 4.78 is 5.43. The number of hydrogen-bond donors (Lipinski definition) is 0. The van der Waals surface area contributed by atoms with Gasteiger partial charge in [-0.1, -0.05) is 30.3 Å². The Labute approximate surface area is 72.7 Å². The van der Waals surface area contributed by atoms with Crippen molar-refractivity contribution in [2.45, 2.75) is 13.5 Å². The standard InChI is InChI=1S/C11H12O/c1-2-9-7-12-8-10-5-3-4-6-11(9)10/h2-6H,7-8H2,1H3/b9-2+. The second-order valence-electron chi connectivity index (χ2n) is 2.96. The molecule has 0 unspecified atom stereocenters. The van der Waals surface area contributed by atoms with Gasteiger partial charge in [-0.05, 0) is 23.6 Å². The van der Waals surface area contributed by atoms with Crippen molar-refractivity contribution in [1.29, 1.82) is 0 Å². The molecule has 12 heavy (non-hydrogen) atoms. The molecule has 1 aromatic carbocycles. The van der Waals surface area contributed by atoms with Crippen molar-refractivity contribution in [3.8, 4) is 0 Å². The second-order valence-corrected chi connectivity index (χ2v) is 2.96. The summed E-state index contributed by atoms with van der Waals surface area (Å²) >= 11 is 0. The predicted octanol–water partition coefficient (Wildman–Crippen LogP) is 2.62. The fraction of sp³-hybridized carbons (Fsp3) is 0.273. The van der Waals surface area contributed by atoms with Gasteiger partial charge in [-0.3, -0.25) is 0 Å². The van der Waals surface area contributed by atoms with E-state index in [0.717, 1.165) is 13.2 Å². The zero-order chi connectivity index (χ0) is 8.39. The molecule has 0 bridgehead atoms. The fourth-order valence-corrected chi connectivity index (χ4v) is 1.55. The summed E-state index contributed by atoms with van der Waals surface area (Å²) in [5.41, 5.74) is 3.96. The maximum absolute atomic E-state index is 5.43. The lowest BCUT2D eigenvalue weighted by molar-refractivity contribution is 0.146. The molecule has 0 radical (unpaired) electrons. The van der Waals surface area contributed by atoms with Gasteiger partial charge in [0.05, 0.1) is 13.2 Å². The smallest absolute Gasteiger partial charge is 0.0727 e. The van der Waals surface area contributed by atoms with Gasteiger partial charge in [0, 0.05) is 0 Å². The zero-order valence-corrected chi connectivity index (χ0v) is 7.21. The normalized spacial score (nSPS) is 19.2. The SMILES string of the molecule is C/C=C1\COCc2ccccc21. The molecule has 1 nitrogen and oxygen atoms in total. The van der Waals surface area contributed by atoms with Gasteiger partial charge in [0.2, 0.25) is 0 Å². The highest BCUT2D eigenvalue weighted by molar-refractivity contribution is 5.69. The highest BCUT2D eigenvalue weighted by atomic mass is 16.5. The molecule has 0 atom stereocenters. The van der Waals surface area contributed by atoms with E-state index in [9.17, 15) is 0 Å². The van der Waals surface area contributed by atoms with Gasteiger partial charge in [-0.25, -0.2) is 0 Å². The topological polar surface area (TPSA) is 9.23 Å². The Kier molecular flexibility index (Phi) is 1.96. The second kappa shape index (κ2) is 3.11. The van der Waals surface area contributed by atoms with E-state index in [1.807, 2.05) is 0 Å². The molecule has 0 saturated carbocycles. The maximum atomic E-state index is 5.43. The third kappa shape index (κ3) is 1.16. The Hall–Kier alpha value is -1.08. The van der Waals surface area contributed by atoms with Crippen molar-refractivity contribution >= 4 is 5.57 Å². The van der Waals surface area contributed by atoms with Crippen LogP contribution in [0.25, 0.3) is 5.57 Å². The highest BCUT2D eigenvalue weighted by Crippen LogP contribution is 2.24. The third-order valence-electron chi connectivity index (χ3n) is 2.23. The lowest BCUT2D eigenvalue weighted by Gasteiger charge is -2.18.